The minimum Gasteiger partial charge on any atom is -0.363 e. The molecule has 0 saturated heterocycles. The first-order valence-electron chi connectivity index (χ1n) is 9.29. The molecule has 1 amide bonds. The summed E-state index contributed by atoms with van der Waals surface area (Å²) in [4.78, 5) is 20.0. The normalized spacial score (nSPS) is 12.9. The van der Waals surface area contributed by atoms with E-state index in [4.69, 9.17) is 0 Å². The number of hydrogen-bond donors (Lipinski definition) is 4. The number of benzene rings is 1. The molecule has 1 aliphatic heterocycles. The van der Waals surface area contributed by atoms with E-state index in [1.165, 1.54) is 24.7 Å². The summed E-state index contributed by atoms with van der Waals surface area (Å²) in [6, 6.07) is 10.8. The van der Waals surface area contributed by atoms with Gasteiger partial charge in [0.25, 0.3) is 5.91 Å². The maximum absolute atomic E-state index is 13.5. The van der Waals surface area contributed by atoms with Gasteiger partial charge in [0.1, 0.15) is 18.3 Å². The van der Waals surface area contributed by atoms with Crippen LogP contribution in [0, 0.1) is 5.82 Å². The van der Waals surface area contributed by atoms with Crippen LogP contribution in [0.2, 0.25) is 0 Å². The number of hydrogen-bond acceptors (Lipinski definition) is 7. The van der Waals surface area contributed by atoms with E-state index in [1.807, 2.05) is 24.3 Å². The van der Waals surface area contributed by atoms with Crippen molar-refractivity contribution < 1.29 is 9.18 Å². The van der Waals surface area contributed by atoms with E-state index in [1.54, 1.807) is 4.68 Å². The Morgan fingerprint density at radius 2 is 1.93 bits per heavy atom. The van der Waals surface area contributed by atoms with Gasteiger partial charge >= 0.3 is 0 Å². The van der Waals surface area contributed by atoms with Crippen molar-refractivity contribution in [3.05, 3.63) is 66.3 Å². The van der Waals surface area contributed by atoms with Gasteiger partial charge in [-0.05, 0) is 24.3 Å². The third-order valence-electron chi connectivity index (χ3n) is 4.44. The summed E-state index contributed by atoms with van der Waals surface area (Å²) in [6.45, 7) is 1.94. The second kappa shape index (κ2) is 8.65. The molecule has 0 spiro atoms. The monoisotopic (exact) mass is 396 g/mol. The van der Waals surface area contributed by atoms with Gasteiger partial charge < -0.3 is 21.3 Å². The van der Waals surface area contributed by atoms with E-state index in [-0.39, 0.29) is 24.2 Å². The topological polar surface area (TPSA) is 109 Å². The molecule has 1 aromatic carbocycles. The summed E-state index contributed by atoms with van der Waals surface area (Å²) < 4.78 is 15.1. The zero-order valence-corrected chi connectivity index (χ0v) is 15.6. The number of para-hydroxylation sites is 2. The highest BCUT2D eigenvalue weighted by Gasteiger charge is 2.18. The fourth-order valence-corrected chi connectivity index (χ4v) is 2.99. The highest BCUT2D eigenvalue weighted by Crippen LogP contribution is 2.27. The van der Waals surface area contributed by atoms with E-state index in [2.05, 4.69) is 36.3 Å². The first kappa shape index (κ1) is 18.8. The minimum absolute atomic E-state index is 0.0224. The van der Waals surface area contributed by atoms with Gasteiger partial charge in [-0.25, -0.2) is 9.37 Å². The lowest BCUT2D eigenvalue weighted by Gasteiger charge is -2.13. The van der Waals surface area contributed by atoms with Gasteiger partial charge in [0, 0.05) is 19.3 Å². The summed E-state index contributed by atoms with van der Waals surface area (Å²) in [5, 5.41) is 16.8. The van der Waals surface area contributed by atoms with Crippen molar-refractivity contribution in [2.24, 2.45) is 0 Å². The average Bonchev–Trinajstić information content (AvgIpc) is 3.37. The van der Waals surface area contributed by atoms with Crippen molar-refractivity contribution in [1.82, 2.24) is 30.4 Å². The Balaban J connectivity index is 1.19. The van der Waals surface area contributed by atoms with Gasteiger partial charge in [0.2, 0.25) is 5.82 Å². The molecule has 3 aromatic rings. The number of rotatable bonds is 8. The summed E-state index contributed by atoms with van der Waals surface area (Å²) in [7, 11) is 0. The summed E-state index contributed by atoms with van der Waals surface area (Å²) in [5.41, 5.74) is 2.36. The Bertz CT molecular complexity index is 967. The maximum atomic E-state index is 13.5. The third kappa shape index (κ3) is 4.66. The van der Waals surface area contributed by atoms with Crippen LogP contribution in [0.25, 0.3) is 0 Å². The fraction of sp³-hybridized carbons (Fsp3) is 0.263. The first-order chi connectivity index (χ1) is 14.2. The van der Waals surface area contributed by atoms with Gasteiger partial charge in [0.05, 0.1) is 30.2 Å². The van der Waals surface area contributed by atoms with E-state index in [0.717, 1.165) is 17.9 Å². The van der Waals surface area contributed by atoms with Crippen molar-refractivity contribution in [1.29, 1.82) is 0 Å². The number of aromatic nitrogens is 4. The molecule has 29 heavy (non-hydrogen) atoms. The average molecular weight is 396 g/mol. The molecule has 4 rings (SSSR count). The lowest BCUT2D eigenvalue weighted by molar-refractivity contribution is 0.0939. The Morgan fingerprint density at radius 1 is 1.14 bits per heavy atom. The highest BCUT2D eigenvalue weighted by molar-refractivity contribution is 5.90. The van der Waals surface area contributed by atoms with E-state index in [9.17, 15) is 9.18 Å². The molecule has 150 valence electrons. The molecule has 0 bridgehead atoms. The van der Waals surface area contributed by atoms with Gasteiger partial charge in [-0.1, -0.05) is 12.1 Å². The molecule has 9 nitrogen and oxygen atoms in total. The number of amides is 1. The minimum atomic E-state index is -0.473. The lowest BCUT2D eigenvalue weighted by Crippen LogP contribution is -2.36. The van der Waals surface area contributed by atoms with Crippen LogP contribution in [0.4, 0.5) is 15.8 Å². The molecule has 0 atom stereocenters. The molecule has 0 saturated carbocycles. The van der Waals surface area contributed by atoms with Crippen LogP contribution >= 0.6 is 0 Å². The Kier molecular flexibility index (Phi) is 5.61. The summed E-state index contributed by atoms with van der Waals surface area (Å²) in [5.74, 6) is -0.901. The molecular weight excluding hydrogens is 375 g/mol. The molecule has 2 aromatic heterocycles. The number of halogens is 1. The smallest absolute Gasteiger partial charge is 0.291 e. The number of pyridine rings is 1. The summed E-state index contributed by atoms with van der Waals surface area (Å²) in [6.07, 6.45) is 3.09. The predicted octanol–water partition coefficient (Wildman–Crippen LogP) is 1.20. The largest absolute Gasteiger partial charge is 0.363 e. The zero-order chi connectivity index (χ0) is 20.1. The van der Waals surface area contributed by atoms with Crippen molar-refractivity contribution in [3.63, 3.8) is 0 Å². The van der Waals surface area contributed by atoms with Gasteiger partial charge in [-0.2, -0.15) is 0 Å². The molecule has 0 aliphatic carbocycles. The first-order valence-corrected chi connectivity index (χ1v) is 9.29. The fourth-order valence-electron chi connectivity index (χ4n) is 2.99. The van der Waals surface area contributed by atoms with Gasteiger partial charge in [-0.3, -0.25) is 14.5 Å². The van der Waals surface area contributed by atoms with Crippen LogP contribution in [0.3, 0.4) is 0 Å². The number of carbonyl (C=O) groups excluding carboxylic acids is 1. The van der Waals surface area contributed by atoms with Crippen LogP contribution in [0.5, 0.6) is 0 Å². The van der Waals surface area contributed by atoms with Gasteiger partial charge in [-0.15, -0.1) is 5.10 Å². The van der Waals surface area contributed by atoms with E-state index in [0.29, 0.717) is 13.1 Å². The number of nitrogens with one attached hydrogen (secondary N) is 4. The molecular formula is C19H21FN8O. The molecule has 4 N–H and O–H groups in total. The molecule has 1 aliphatic rings. The van der Waals surface area contributed by atoms with Crippen LogP contribution < -0.4 is 21.3 Å². The SMILES string of the molecule is O=C(NCc1ncccc1F)c1ncn(CCNCC2Nc3ccccc3N2)n1. The molecule has 0 fully saturated rings. The quantitative estimate of drug-likeness (QED) is 0.424. The van der Waals surface area contributed by atoms with Crippen molar-refractivity contribution in [2.75, 3.05) is 23.7 Å². The number of fused-ring (bicyclic) bond motifs is 1. The van der Waals surface area contributed by atoms with Gasteiger partial charge in [0.15, 0.2) is 0 Å². The van der Waals surface area contributed by atoms with Crippen LogP contribution in [0.1, 0.15) is 16.3 Å². The van der Waals surface area contributed by atoms with E-state index < -0.39 is 11.7 Å². The van der Waals surface area contributed by atoms with Crippen LogP contribution in [0.15, 0.2) is 48.9 Å². The Morgan fingerprint density at radius 3 is 2.69 bits per heavy atom. The maximum Gasteiger partial charge on any atom is 0.291 e. The highest BCUT2D eigenvalue weighted by atomic mass is 19.1. The van der Waals surface area contributed by atoms with E-state index >= 15 is 0 Å². The van der Waals surface area contributed by atoms with Crippen LogP contribution in [-0.2, 0) is 13.1 Å². The Hall–Kier alpha value is -3.53. The third-order valence-corrected chi connectivity index (χ3v) is 4.44. The van der Waals surface area contributed by atoms with Crippen molar-refractivity contribution in [3.8, 4) is 0 Å². The molecule has 3 heterocycles. The zero-order valence-electron chi connectivity index (χ0n) is 15.6. The van der Waals surface area contributed by atoms with Crippen molar-refractivity contribution >= 4 is 17.3 Å². The van der Waals surface area contributed by atoms with Crippen molar-refractivity contribution in [2.45, 2.75) is 19.3 Å². The second-order valence-electron chi connectivity index (χ2n) is 6.54. The lowest BCUT2D eigenvalue weighted by atomic mass is 10.3. The number of nitrogens with zero attached hydrogens (tertiary/aromatic N) is 4. The number of carbonyl (C=O) groups is 1. The Labute approximate surface area is 166 Å². The van der Waals surface area contributed by atoms with Crippen LogP contribution in [-0.4, -0.2) is 44.9 Å². The molecule has 0 radical (unpaired) electrons. The summed E-state index contributed by atoms with van der Waals surface area (Å²) >= 11 is 0. The second-order valence-corrected chi connectivity index (χ2v) is 6.54. The standard InChI is InChI=1S/C19H21FN8O/c20-13-4-3-7-22-16(13)10-23-19(29)18-24-12-28(27-18)9-8-21-11-17-25-14-5-1-2-6-15(14)26-17/h1-7,12,17,21,25-26H,8-11H2,(H,23,29). The molecule has 10 heteroatoms. The number of anilines is 2. The predicted molar refractivity (Wildman–Crippen MR) is 106 cm³/mol. The molecule has 0 unspecified atom stereocenters.